The van der Waals surface area contributed by atoms with E-state index in [1.165, 1.54) is 16.7 Å². The van der Waals surface area contributed by atoms with Gasteiger partial charge in [-0.3, -0.25) is 0 Å². The molecule has 3 heteroatoms. The van der Waals surface area contributed by atoms with Crippen LogP contribution in [0.25, 0.3) is 16.5 Å². The molecule has 0 bridgehead atoms. The molecule has 0 saturated carbocycles. The van der Waals surface area contributed by atoms with Crippen LogP contribution in [0.5, 0.6) is 5.75 Å². The maximum absolute atomic E-state index is 5.69. The Morgan fingerprint density at radius 1 is 1.03 bits per heavy atom. The van der Waals surface area contributed by atoms with Crippen LogP contribution in [0.1, 0.15) is 35.7 Å². The minimum Gasteiger partial charge on any atom is -0.494 e. The largest absolute Gasteiger partial charge is 0.494 e. The van der Waals surface area contributed by atoms with E-state index in [1.54, 1.807) is 0 Å². The van der Waals surface area contributed by atoms with Crippen molar-refractivity contribution in [2.45, 2.75) is 33.2 Å². The number of nitrogens with one attached hydrogen (secondary N) is 1. The Bertz CT molecular complexity index is 1120. The van der Waals surface area contributed by atoms with Crippen molar-refractivity contribution in [3.05, 3.63) is 101 Å². The monoisotopic (exact) mass is 410 g/mol. The third-order valence-corrected chi connectivity index (χ3v) is 5.46. The van der Waals surface area contributed by atoms with Crippen LogP contribution in [0, 0.1) is 6.92 Å². The lowest BCUT2D eigenvalue weighted by Crippen LogP contribution is -2.18. The van der Waals surface area contributed by atoms with Crippen LogP contribution in [0.2, 0.25) is 0 Å². The van der Waals surface area contributed by atoms with Crippen LogP contribution in [-0.2, 0) is 13.0 Å². The summed E-state index contributed by atoms with van der Waals surface area (Å²) >= 11 is 0. The third kappa shape index (κ3) is 5.50. The van der Waals surface area contributed by atoms with Crippen molar-refractivity contribution in [1.29, 1.82) is 0 Å². The molecule has 1 heterocycles. The first-order valence-electron chi connectivity index (χ1n) is 11.1. The zero-order valence-electron chi connectivity index (χ0n) is 18.4. The van der Waals surface area contributed by atoms with E-state index in [-0.39, 0.29) is 0 Å². The highest BCUT2D eigenvalue weighted by Crippen LogP contribution is 2.27. The van der Waals surface area contributed by atoms with E-state index in [0.29, 0.717) is 6.61 Å². The van der Waals surface area contributed by atoms with E-state index < -0.39 is 0 Å². The van der Waals surface area contributed by atoms with Gasteiger partial charge in [0.25, 0.3) is 0 Å². The Hall–Kier alpha value is -3.17. The molecular weight excluding hydrogens is 380 g/mol. The lowest BCUT2D eigenvalue weighted by atomic mass is 10.0. The number of hydrogen-bond donors (Lipinski definition) is 1. The predicted octanol–water partition coefficient (Wildman–Crippen LogP) is 6.17. The number of nitrogens with zero attached hydrogens (tertiary/aromatic N) is 1. The maximum Gasteiger partial charge on any atom is 0.121 e. The van der Waals surface area contributed by atoms with Gasteiger partial charge in [-0.25, -0.2) is 4.98 Å². The zero-order valence-corrected chi connectivity index (χ0v) is 18.4. The fraction of sp³-hybridized carbons (Fsp3) is 0.250. The van der Waals surface area contributed by atoms with Gasteiger partial charge in [-0.15, -0.1) is 0 Å². The Morgan fingerprint density at radius 2 is 1.90 bits per heavy atom. The van der Waals surface area contributed by atoms with E-state index >= 15 is 0 Å². The van der Waals surface area contributed by atoms with Crippen LogP contribution < -0.4 is 10.1 Å². The second-order valence-corrected chi connectivity index (χ2v) is 7.88. The highest BCUT2D eigenvalue weighted by molar-refractivity contribution is 5.85. The molecule has 0 atom stereocenters. The zero-order chi connectivity index (χ0) is 21.5. The predicted molar refractivity (Wildman–Crippen MR) is 130 cm³/mol. The molecule has 4 rings (SSSR count). The molecule has 1 N–H and O–H groups in total. The molecule has 1 aliphatic rings. The Balaban J connectivity index is 1.58. The summed E-state index contributed by atoms with van der Waals surface area (Å²) in [7, 11) is 0. The number of allylic oxidation sites excluding steroid dienone is 6. The fourth-order valence-electron chi connectivity index (χ4n) is 3.78. The van der Waals surface area contributed by atoms with Gasteiger partial charge in [0, 0.05) is 23.6 Å². The molecule has 0 amide bonds. The number of fused-ring (bicyclic) bond motifs is 1. The minimum atomic E-state index is 0.653. The Morgan fingerprint density at radius 3 is 2.74 bits per heavy atom. The molecule has 1 aliphatic carbocycles. The van der Waals surface area contributed by atoms with Gasteiger partial charge in [-0.05, 0) is 62.6 Å². The number of aryl methyl sites for hydroxylation is 1. The highest BCUT2D eigenvalue weighted by Gasteiger charge is 2.11. The molecule has 2 aromatic carbocycles. The van der Waals surface area contributed by atoms with Gasteiger partial charge in [-0.1, -0.05) is 60.2 Å². The second kappa shape index (κ2) is 10.2. The Labute approximate surface area is 185 Å². The topological polar surface area (TPSA) is 34.1 Å². The fourth-order valence-corrected chi connectivity index (χ4v) is 3.78. The summed E-state index contributed by atoms with van der Waals surface area (Å²) in [5.74, 6) is 0.864. The van der Waals surface area contributed by atoms with E-state index in [4.69, 9.17) is 9.72 Å². The van der Waals surface area contributed by atoms with Gasteiger partial charge < -0.3 is 10.1 Å². The Kier molecular flexibility index (Phi) is 6.96. The number of aromatic nitrogens is 1. The highest BCUT2D eigenvalue weighted by atomic mass is 16.5. The summed E-state index contributed by atoms with van der Waals surface area (Å²) in [6.07, 6.45) is 12.8. The van der Waals surface area contributed by atoms with Gasteiger partial charge in [0.2, 0.25) is 0 Å². The molecule has 0 spiro atoms. The lowest BCUT2D eigenvalue weighted by molar-refractivity contribution is 0.340. The molecule has 3 aromatic rings. The first-order chi connectivity index (χ1) is 15.2. The summed E-state index contributed by atoms with van der Waals surface area (Å²) in [5, 5.41) is 4.76. The van der Waals surface area contributed by atoms with Crippen molar-refractivity contribution in [3.8, 4) is 5.75 Å². The average Bonchev–Trinajstić information content (AvgIpc) is 3.07. The SMILES string of the molecule is CCOc1ccc2cc(CNCCc3ccc(C)cc3)c(C3=CC=CCC=C3)nc2c1. The summed E-state index contributed by atoms with van der Waals surface area (Å²) in [4.78, 5) is 5.06. The maximum atomic E-state index is 5.69. The first-order valence-corrected chi connectivity index (χ1v) is 11.1. The molecule has 0 saturated heterocycles. The standard InChI is InChI=1S/C28H30N2O/c1-3-31-26-15-14-24-18-25(20-29-17-16-22-12-10-21(2)11-13-22)28(30-27(24)19-26)23-8-6-4-5-7-9-23/h4,6-15,18-19,29H,3,5,16-17,20H2,1-2H3. The average molecular weight is 411 g/mol. The van der Waals surface area contributed by atoms with Gasteiger partial charge in [-0.2, -0.15) is 0 Å². The van der Waals surface area contributed by atoms with Crippen molar-refractivity contribution in [2.24, 2.45) is 0 Å². The summed E-state index contributed by atoms with van der Waals surface area (Å²) in [6.45, 7) is 6.49. The van der Waals surface area contributed by atoms with Gasteiger partial charge in [0.1, 0.15) is 5.75 Å². The molecule has 0 radical (unpaired) electrons. The summed E-state index contributed by atoms with van der Waals surface area (Å²) < 4.78 is 5.69. The van der Waals surface area contributed by atoms with Crippen molar-refractivity contribution in [3.63, 3.8) is 0 Å². The molecular formula is C28H30N2O. The van der Waals surface area contributed by atoms with Gasteiger partial charge >= 0.3 is 0 Å². The smallest absolute Gasteiger partial charge is 0.121 e. The second-order valence-electron chi connectivity index (χ2n) is 7.88. The van der Waals surface area contributed by atoms with Crippen LogP contribution in [0.4, 0.5) is 0 Å². The molecule has 31 heavy (non-hydrogen) atoms. The van der Waals surface area contributed by atoms with Crippen molar-refractivity contribution >= 4 is 16.5 Å². The first kappa shape index (κ1) is 21.1. The quantitative estimate of drug-likeness (QED) is 0.451. The van der Waals surface area contributed by atoms with Gasteiger partial charge in [0.05, 0.1) is 17.8 Å². The number of rotatable bonds is 8. The van der Waals surface area contributed by atoms with E-state index in [0.717, 1.165) is 53.9 Å². The molecule has 3 nitrogen and oxygen atoms in total. The van der Waals surface area contributed by atoms with E-state index in [1.807, 2.05) is 19.1 Å². The number of ether oxygens (including phenoxy) is 1. The molecule has 1 aromatic heterocycles. The summed E-state index contributed by atoms with van der Waals surface area (Å²) in [6, 6.07) is 17.2. The third-order valence-electron chi connectivity index (χ3n) is 5.46. The summed E-state index contributed by atoms with van der Waals surface area (Å²) in [5.41, 5.74) is 7.02. The van der Waals surface area contributed by atoms with Crippen LogP contribution in [0.15, 0.2) is 78.9 Å². The molecule has 158 valence electrons. The van der Waals surface area contributed by atoms with E-state index in [9.17, 15) is 0 Å². The molecule has 0 unspecified atom stereocenters. The molecule has 0 aliphatic heterocycles. The van der Waals surface area contributed by atoms with Gasteiger partial charge in [0.15, 0.2) is 0 Å². The van der Waals surface area contributed by atoms with Crippen LogP contribution in [-0.4, -0.2) is 18.1 Å². The minimum absolute atomic E-state index is 0.653. The number of pyridine rings is 1. The number of benzene rings is 2. The number of hydrogen-bond acceptors (Lipinski definition) is 3. The van der Waals surface area contributed by atoms with Crippen molar-refractivity contribution in [2.75, 3.05) is 13.2 Å². The normalized spacial score (nSPS) is 13.3. The van der Waals surface area contributed by atoms with Crippen molar-refractivity contribution < 1.29 is 4.74 Å². The van der Waals surface area contributed by atoms with Crippen molar-refractivity contribution in [1.82, 2.24) is 10.3 Å². The molecule has 0 fully saturated rings. The van der Waals surface area contributed by atoms with Crippen LogP contribution >= 0.6 is 0 Å². The van der Waals surface area contributed by atoms with Crippen LogP contribution in [0.3, 0.4) is 0 Å². The van der Waals surface area contributed by atoms with E-state index in [2.05, 4.69) is 79.0 Å². The lowest BCUT2D eigenvalue weighted by Gasteiger charge is -2.14.